The van der Waals surface area contributed by atoms with Gasteiger partial charge in [0.25, 0.3) is 11.7 Å². The fourth-order valence-electron chi connectivity index (χ4n) is 11.0. The number of amides is 1. The molecule has 4 aliphatic rings. The van der Waals surface area contributed by atoms with Crippen molar-refractivity contribution in [1.82, 2.24) is 4.90 Å². The summed E-state index contributed by atoms with van der Waals surface area (Å²) >= 11 is 0. The number of ketones is 3. The number of methoxy groups -OCH3 is 3. The van der Waals surface area contributed by atoms with E-state index in [1.807, 2.05) is 71.2 Å². The van der Waals surface area contributed by atoms with Crippen LogP contribution in [0.1, 0.15) is 132 Å². The lowest BCUT2D eigenvalue weighted by Gasteiger charge is -2.42. The van der Waals surface area contributed by atoms with Gasteiger partial charge in [0.2, 0.25) is 5.79 Å². The van der Waals surface area contributed by atoms with Crippen molar-refractivity contribution in [2.24, 2.45) is 35.5 Å². The zero-order chi connectivity index (χ0) is 53.5. The van der Waals surface area contributed by atoms with Crippen molar-refractivity contribution < 1.29 is 67.4 Å². The smallest absolute Gasteiger partial charge is 0.329 e. The number of nitrogens with zero attached hydrogens (tertiary/aromatic N) is 1. The third-order valence-corrected chi connectivity index (χ3v) is 17.3. The third-order valence-electron chi connectivity index (χ3n) is 15.7. The Balaban J connectivity index is 1.67. The molecule has 72 heavy (non-hydrogen) atoms. The van der Waals surface area contributed by atoms with Gasteiger partial charge in [0.15, 0.2) is 14.1 Å². The number of carbonyl (C=O) groups excluding carboxylic acids is 5. The Morgan fingerprint density at radius 1 is 0.861 bits per heavy atom. The van der Waals surface area contributed by atoms with E-state index in [9.17, 15) is 39.0 Å². The predicted octanol–water partition coefficient (Wildman–Crippen LogP) is 7.79. The van der Waals surface area contributed by atoms with Gasteiger partial charge in [-0.1, -0.05) is 71.1 Å². The van der Waals surface area contributed by atoms with E-state index in [0.29, 0.717) is 63.5 Å². The molecule has 2 saturated heterocycles. The number of Topliss-reactive ketones (excluding diaryl/α,β-unsaturated/α-hetero) is 3. The van der Waals surface area contributed by atoms with Crippen LogP contribution in [0, 0.1) is 35.5 Å². The van der Waals surface area contributed by atoms with E-state index in [2.05, 4.69) is 0 Å². The molecule has 1 aliphatic carbocycles. The highest BCUT2D eigenvalue weighted by Gasteiger charge is 2.53. The van der Waals surface area contributed by atoms with E-state index >= 15 is 0 Å². The van der Waals surface area contributed by atoms with Crippen LogP contribution in [0.15, 0.2) is 47.6 Å². The molecule has 4 rings (SSSR count). The Morgan fingerprint density at radius 3 is 2.25 bits per heavy atom. The zero-order valence-electron chi connectivity index (χ0n) is 45.6. The maximum absolute atomic E-state index is 14.6. The van der Waals surface area contributed by atoms with Crippen LogP contribution in [-0.4, -0.2) is 146 Å². The van der Waals surface area contributed by atoms with Crippen molar-refractivity contribution in [1.29, 1.82) is 0 Å². The van der Waals surface area contributed by atoms with E-state index in [1.165, 1.54) is 12.0 Å². The largest absolute Gasteiger partial charge is 0.460 e. The summed E-state index contributed by atoms with van der Waals surface area (Å²) in [6, 6.07) is -0.392. The fourth-order valence-corrected chi connectivity index (χ4v) is 12.0. The number of fused-ring (bicyclic) bond motifs is 3. The molecule has 3 fully saturated rings. The van der Waals surface area contributed by atoms with Crippen LogP contribution < -0.4 is 0 Å². The topological polar surface area (TPSA) is 205 Å². The van der Waals surface area contributed by atoms with Gasteiger partial charge in [-0.05, 0) is 133 Å². The van der Waals surface area contributed by atoms with Crippen molar-refractivity contribution in [2.75, 3.05) is 34.5 Å². The van der Waals surface area contributed by atoms with Gasteiger partial charge in [-0.15, -0.1) is 0 Å². The summed E-state index contributed by atoms with van der Waals surface area (Å²) in [7, 11) is 2.46. The van der Waals surface area contributed by atoms with Crippen LogP contribution in [-0.2, 0) is 52.4 Å². The molecule has 3 aliphatic heterocycles. The molecule has 0 radical (unpaired) electrons. The van der Waals surface area contributed by atoms with E-state index in [1.54, 1.807) is 41.1 Å². The highest BCUT2D eigenvalue weighted by Crippen LogP contribution is 2.38. The first-order chi connectivity index (χ1) is 33.9. The first-order valence-corrected chi connectivity index (χ1v) is 29.9. The van der Waals surface area contributed by atoms with E-state index in [0.717, 1.165) is 30.9 Å². The van der Waals surface area contributed by atoms with Crippen molar-refractivity contribution >= 4 is 37.5 Å². The zero-order valence-corrected chi connectivity index (χ0v) is 46.6. The molecule has 1 amide bonds. The quantitative estimate of drug-likeness (QED) is 0.0595. The minimum absolute atomic E-state index is 0.0159. The van der Waals surface area contributed by atoms with Crippen molar-refractivity contribution in [3.63, 3.8) is 0 Å². The van der Waals surface area contributed by atoms with Gasteiger partial charge in [-0.25, -0.2) is 4.79 Å². The maximum atomic E-state index is 14.6. The first-order valence-electron chi connectivity index (χ1n) is 26.8. The SMILES string of the molecule is CO[C@H]1C[C@@H]2CC[C@@H](C)[C@@](O)(O2)C(=O)C(=O)N2CCCC[C@H]2C(=O)O[C@H]([C@@H](C)C[C@@H]2CC[C@@H](OCCC[Si](C)(C)O)[C@H](OC)C2)CC(=O)[C@H](C)/C=C(\C)[C@@H](O)[C@@H](OC)C(=O)[C@H](C)C[C@H](C)/C=C/C=C/C=C/1C. The average molecular weight is 1030 g/mol. The predicted molar refractivity (Wildman–Crippen MR) is 278 cm³/mol. The molecule has 0 aromatic heterocycles. The van der Waals surface area contributed by atoms with Gasteiger partial charge in [-0.3, -0.25) is 19.2 Å². The Hall–Kier alpha value is -3.19. The van der Waals surface area contributed by atoms with Gasteiger partial charge >= 0.3 is 5.97 Å². The number of esters is 1. The molecular weight excluding hydrogens is 939 g/mol. The number of aliphatic hydroxyl groups excluding tert-OH is 1. The Kier molecular flexibility index (Phi) is 24.4. The Morgan fingerprint density at radius 2 is 1.58 bits per heavy atom. The second-order valence-electron chi connectivity index (χ2n) is 22.3. The normalized spacial score (nSPS) is 37.9. The standard InChI is InChI=1S/C56H91NO14Si/c1-35-19-14-13-15-20-36(2)47(66-8)33-43-24-22-41(7)56(64,71-43)53(61)54(62)57-26-17-16-21-44(57)55(63)70-48(34-45(58)37(3)30-40(6)51(60)52(68-10)50(59)39(5)29-35)38(4)31-42-23-25-46(49(32-42)67-9)69-27-18-28-72(11,12)65/h13-15,19-20,30,35,37-39,41-44,46-49,51-52,60,64-65H,16-18,21-29,31-34H2,1-12H3/b15-13+,19-14+,36-20+,40-30+/t35-,37-,38+,39-,41-,42+,43+,44+,46-,47+,48+,49-,51-,52+,56-/m1/s1. The van der Waals surface area contributed by atoms with Crippen LogP contribution in [0.4, 0.5) is 0 Å². The maximum Gasteiger partial charge on any atom is 0.329 e. The number of cyclic esters (lactones) is 1. The van der Waals surface area contributed by atoms with Crippen molar-refractivity contribution in [3.05, 3.63) is 47.6 Å². The van der Waals surface area contributed by atoms with Crippen molar-refractivity contribution in [2.45, 2.75) is 206 Å². The number of hydrogen-bond donors (Lipinski definition) is 3. The van der Waals surface area contributed by atoms with Crippen LogP contribution in [0.3, 0.4) is 0 Å². The molecule has 0 spiro atoms. The number of carbonyl (C=O) groups is 5. The van der Waals surface area contributed by atoms with Gasteiger partial charge in [0, 0.05) is 65.1 Å². The monoisotopic (exact) mass is 1030 g/mol. The summed E-state index contributed by atoms with van der Waals surface area (Å²) < 4.78 is 36.2. The van der Waals surface area contributed by atoms with Gasteiger partial charge in [-0.2, -0.15) is 0 Å². The minimum Gasteiger partial charge on any atom is -0.460 e. The number of piperidine rings is 1. The molecular formula is C56H91NO14Si. The molecule has 15 atom stereocenters. The average Bonchev–Trinajstić information content (AvgIpc) is 3.34. The molecule has 16 heteroatoms. The number of allylic oxidation sites excluding steroid dienone is 6. The summed E-state index contributed by atoms with van der Waals surface area (Å²) in [5.74, 6) is -7.90. The van der Waals surface area contributed by atoms with Gasteiger partial charge in [0.1, 0.15) is 30.1 Å². The first kappa shape index (κ1) is 61.4. The van der Waals surface area contributed by atoms with Crippen LogP contribution >= 0.6 is 0 Å². The number of ether oxygens (including phenoxy) is 6. The summed E-state index contributed by atoms with van der Waals surface area (Å²) in [5.41, 5.74) is 1.27. The van der Waals surface area contributed by atoms with Gasteiger partial charge in [0.05, 0.1) is 24.4 Å². The molecule has 0 aromatic rings. The molecule has 0 aromatic carbocycles. The Bertz CT molecular complexity index is 1930. The van der Waals surface area contributed by atoms with E-state index < -0.39 is 86.1 Å². The molecule has 408 valence electrons. The molecule has 1 saturated carbocycles. The summed E-state index contributed by atoms with van der Waals surface area (Å²) in [4.78, 5) is 82.8. The summed E-state index contributed by atoms with van der Waals surface area (Å²) in [5, 5.41) is 23.5. The second kappa shape index (κ2) is 28.6. The molecule has 3 heterocycles. The number of rotatable bonds is 11. The molecule has 3 N–H and O–H groups in total. The molecule has 15 nitrogen and oxygen atoms in total. The van der Waals surface area contributed by atoms with E-state index in [4.69, 9.17) is 28.4 Å². The molecule has 0 unspecified atom stereocenters. The second-order valence-corrected chi connectivity index (χ2v) is 26.5. The lowest BCUT2D eigenvalue weighted by Crippen LogP contribution is -2.61. The van der Waals surface area contributed by atoms with Crippen LogP contribution in [0.5, 0.6) is 0 Å². The number of aliphatic hydroxyl groups is 2. The fraction of sp³-hybridized carbons (Fsp3) is 0.768. The van der Waals surface area contributed by atoms with Gasteiger partial charge < -0.3 is 48.3 Å². The Labute approximate surface area is 431 Å². The summed E-state index contributed by atoms with van der Waals surface area (Å²) in [6.45, 7) is 17.2. The van der Waals surface area contributed by atoms with Crippen molar-refractivity contribution in [3.8, 4) is 0 Å². The minimum atomic E-state index is -2.43. The highest BCUT2D eigenvalue weighted by molar-refractivity contribution is 6.69. The molecule has 2 bridgehead atoms. The van der Waals surface area contributed by atoms with Crippen LogP contribution in [0.2, 0.25) is 19.1 Å². The van der Waals surface area contributed by atoms with Crippen LogP contribution in [0.25, 0.3) is 0 Å². The highest BCUT2D eigenvalue weighted by atomic mass is 28.4. The summed E-state index contributed by atoms with van der Waals surface area (Å²) in [6.07, 6.45) is 13.1. The lowest BCUT2D eigenvalue weighted by molar-refractivity contribution is -0.265. The number of hydrogen-bond acceptors (Lipinski definition) is 14. The lowest BCUT2D eigenvalue weighted by atomic mass is 9.78. The van der Waals surface area contributed by atoms with E-state index in [-0.39, 0.29) is 60.9 Å². The third kappa shape index (κ3) is 17.4.